The molecule has 6 nitrogen and oxygen atoms in total. The maximum Gasteiger partial charge on any atom is 0.224 e. The Morgan fingerprint density at radius 1 is 1.48 bits per heavy atom. The average Bonchev–Trinajstić information content (AvgIpc) is 2.46. The summed E-state index contributed by atoms with van der Waals surface area (Å²) >= 11 is 3.48. The molecule has 1 aromatic heterocycles. The van der Waals surface area contributed by atoms with Crippen LogP contribution < -0.4 is 10.2 Å². The Morgan fingerprint density at radius 2 is 2.19 bits per heavy atom. The Hall–Kier alpha value is -0.920. The molecular formula is C14H23BrN4O2. The average molecular weight is 359 g/mol. The molecule has 0 aromatic carbocycles. The predicted molar refractivity (Wildman–Crippen MR) is 86.8 cm³/mol. The van der Waals surface area contributed by atoms with Crippen molar-refractivity contribution < 1.29 is 9.84 Å². The van der Waals surface area contributed by atoms with Crippen molar-refractivity contribution in [3.05, 3.63) is 10.7 Å². The van der Waals surface area contributed by atoms with E-state index in [1.54, 1.807) is 6.20 Å². The zero-order valence-corrected chi connectivity index (χ0v) is 14.2. The number of ether oxygens (including phenoxy) is 1. The number of nitrogens with one attached hydrogen (secondary N) is 1. The van der Waals surface area contributed by atoms with Gasteiger partial charge in [-0.05, 0) is 22.4 Å². The number of hydrogen-bond donors (Lipinski definition) is 2. The number of likely N-dealkylation sites (N-methyl/N-ethyl adjacent to an activating group) is 1. The summed E-state index contributed by atoms with van der Waals surface area (Å²) in [7, 11) is 1.93. The number of rotatable bonds is 6. The Kier molecular flexibility index (Phi) is 5.78. The molecule has 0 bridgehead atoms. The normalized spacial score (nSPS) is 17.5. The summed E-state index contributed by atoms with van der Waals surface area (Å²) in [6.45, 7) is 4.68. The molecule has 1 aliphatic rings. The predicted octanol–water partition coefficient (Wildman–Crippen LogP) is 2.04. The molecule has 1 saturated heterocycles. The van der Waals surface area contributed by atoms with Crippen LogP contribution in [-0.4, -0.2) is 54.0 Å². The van der Waals surface area contributed by atoms with E-state index < -0.39 is 5.60 Å². The standard InChI is InChI=1S/C14H23BrN4O2/c1-3-6-16-13-17-9-11(15)12(18-13)19(2)10-14(20)4-7-21-8-5-14/h9,20H,3-8,10H2,1-2H3,(H,16,17,18). The van der Waals surface area contributed by atoms with Crippen molar-refractivity contribution in [2.24, 2.45) is 0 Å². The topological polar surface area (TPSA) is 70.5 Å². The van der Waals surface area contributed by atoms with Gasteiger partial charge < -0.3 is 20.1 Å². The third-order valence-corrected chi connectivity index (χ3v) is 4.13. The van der Waals surface area contributed by atoms with Crippen LogP contribution in [0.4, 0.5) is 11.8 Å². The van der Waals surface area contributed by atoms with E-state index in [0.29, 0.717) is 38.5 Å². The van der Waals surface area contributed by atoms with E-state index in [1.807, 2.05) is 11.9 Å². The van der Waals surface area contributed by atoms with Gasteiger partial charge in [-0.25, -0.2) is 4.98 Å². The molecule has 1 aromatic rings. The number of aromatic nitrogens is 2. The molecule has 0 spiro atoms. The van der Waals surface area contributed by atoms with E-state index in [4.69, 9.17) is 4.74 Å². The Bertz CT molecular complexity index is 466. The molecule has 0 radical (unpaired) electrons. The fourth-order valence-electron chi connectivity index (χ4n) is 2.37. The van der Waals surface area contributed by atoms with Crippen LogP contribution in [0.2, 0.25) is 0 Å². The van der Waals surface area contributed by atoms with Crippen LogP contribution in [0.5, 0.6) is 0 Å². The van der Waals surface area contributed by atoms with E-state index in [1.165, 1.54) is 0 Å². The van der Waals surface area contributed by atoms with Gasteiger partial charge in [-0.2, -0.15) is 4.98 Å². The summed E-state index contributed by atoms with van der Waals surface area (Å²) in [4.78, 5) is 10.7. The maximum atomic E-state index is 10.6. The SMILES string of the molecule is CCCNc1ncc(Br)c(N(C)CC2(O)CCOCC2)n1. The van der Waals surface area contributed by atoms with Crippen molar-refractivity contribution in [1.29, 1.82) is 0 Å². The Balaban J connectivity index is 2.08. The highest BCUT2D eigenvalue weighted by Gasteiger charge is 2.31. The lowest BCUT2D eigenvalue weighted by molar-refractivity contribution is -0.0573. The quantitative estimate of drug-likeness (QED) is 0.810. The van der Waals surface area contributed by atoms with E-state index >= 15 is 0 Å². The second-order valence-electron chi connectivity index (χ2n) is 5.48. The summed E-state index contributed by atoms with van der Waals surface area (Å²) in [5.74, 6) is 1.39. The Labute approximate surface area is 134 Å². The first kappa shape index (κ1) is 16.5. The van der Waals surface area contributed by atoms with Crippen LogP contribution in [0.1, 0.15) is 26.2 Å². The molecule has 0 atom stereocenters. The highest BCUT2D eigenvalue weighted by atomic mass is 79.9. The highest BCUT2D eigenvalue weighted by Crippen LogP contribution is 2.27. The summed E-state index contributed by atoms with van der Waals surface area (Å²) in [6.07, 6.45) is 4.07. The summed E-state index contributed by atoms with van der Waals surface area (Å²) in [5.41, 5.74) is -0.714. The molecular weight excluding hydrogens is 336 g/mol. The third-order valence-electron chi connectivity index (χ3n) is 3.58. The van der Waals surface area contributed by atoms with Crippen LogP contribution in [0.25, 0.3) is 0 Å². The molecule has 1 fully saturated rings. The van der Waals surface area contributed by atoms with Crippen molar-refractivity contribution in [1.82, 2.24) is 9.97 Å². The lowest BCUT2D eigenvalue weighted by Crippen LogP contribution is -2.46. The molecule has 2 heterocycles. The van der Waals surface area contributed by atoms with Crippen molar-refractivity contribution in [3.63, 3.8) is 0 Å². The van der Waals surface area contributed by atoms with Crippen molar-refractivity contribution in [3.8, 4) is 0 Å². The molecule has 1 aliphatic heterocycles. The van der Waals surface area contributed by atoms with Gasteiger partial charge in [0.15, 0.2) is 0 Å². The van der Waals surface area contributed by atoms with Gasteiger partial charge in [-0.1, -0.05) is 6.92 Å². The molecule has 21 heavy (non-hydrogen) atoms. The van der Waals surface area contributed by atoms with Crippen LogP contribution in [0.15, 0.2) is 10.7 Å². The zero-order valence-electron chi connectivity index (χ0n) is 12.6. The van der Waals surface area contributed by atoms with Gasteiger partial charge in [-0.3, -0.25) is 0 Å². The van der Waals surface area contributed by atoms with Crippen molar-refractivity contribution >= 4 is 27.7 Å². The van der Waals surface area contributed by atoms with Gasteiger partial charge in [-0.15, -0.1) is 0 Å². The van der Waals surface area contributed by atoms with Crippen LogP contribution in [-0.2, 0) is 4.74 Å². The number of aliphatic hydroxyl groups is 1. The molecule has 0 aliphatic carbocycles. The number of nitrogens with zero attached hydrogens (tertiary/aromatic N) is 3. The van der Waals surface area contributed by atoms with Gasteiger partial charge in [0.2, 0.25) is 5.95 Å². The summed E-state index contributed by atoms with van der Waals surface area (Å²) in [6, 6.07) is 0. The second kappa shape index (κ2) is 7.38. The largest absolute Gasteiger partial charge is 0.388 e. The van der Waals surface area contributed by atoms with Crippen molar-refractivity contribution in [2.45, 2.75) is 31.8 Å². The van der Waals surface area contributed by atoms with Gasteiger partial charge in [0, 0.05) is 52.4 Å². The van der Waals surface area contributed by atoms with Gasteiger partial charge in [0.05, 0.1) is 10.1 Å². The van der Waals surface area contributed by atoms with E-state index in [2.05, 4.69) is 38.1 Å². The van der Waals surface area contributed by atoms with Crippen LogP contribution in [0.3, 0.4) is 0 Å². The minimum absolute atomic E-state index is 0.527. The van der Waals surface area contributed by atoms with E-state index in [-0.39, 0.29) is 0 Å². The molecule has 2 N–H and O–H groups in total. The summed E-state index contributed by atoms with van der Waals surface area (Å²) in [5, 5.41) is 13.8. The lowest BCUT2D eigenvalue weighted by atomic mass is 9.94. The number of hydrogen-bond acceptors (Lipinski definition) is 6. The summed E-state index contributed by atoms with van der Waals surface area (Å²) < 4.78 is 6.14. The van der Waals surface area contributed by atoms with Gasteiger partial charge in [0.1, 0.15) is 5.82 Å². The highest BCUT2D eigenvalue weighted by molar-refractivity contribution is 9.10. The number of anilines is 2. The molecule has 2 rings (SSSR count). The lowest BCUT2D eigenvalue weighted by Gasteiger charge is -2.36. The van der Waals surface area contributed by atoms with Crippen molar-refractivity contribution in [2.75, 3.05) is 43.6 Å². The molecule has 0 amide bonds. The first-order valence-corrected chi connectivity index (χ1v) is 8.11. The number of halogens is 1. The second-order valence-corrected chi connectivity index (χ2v) is 6.34. The minimum atomic E-state index is -0.714. The van der Waals surface area contributed by atoms with Gasteiger partial charge in [0.25, 0.3) is 0 Å². The molecule has 7 heteroatoms. The first-order chi connectivity index (χ1) is 10.0. The third kappa shape index (κ3) is 4.52. The van der Waals surface area contributed by atoms with Gasteiger partial charge >= 0.3 is 0 Å². The fourth-order valence-corrected chi connectivity index (χ4v) is 2.87. The zero-order chi connectivity index (χ0) is 15.3. The van der Waals surface area contributed by atoms with E-state index in [9.17, 15) is 5.11 Å². The maximum absolute atomic E-state index is 10.6. The monoisotopic (exact) mass is 358 g/mol. The van der Waals surface area contributed by atoms with Crippen LogP contribution >= 0.6 is 15.9 Å². The fraction of sp³-hybridized carbons (Fsp3) is 0.714. The molecule has 118 valence electrons. The smallest absolute Gasteiger partial charge is 0.224 e. The Morgan fingerprint density at radius 3 is 2.86 bits per heavy atom. The minimum Gasteiger partial charge on any atom is -0.388 e. The first-order valence-electron chi connectivity index (χ1n) is 7.32. The van der Waals surface area contributed by atoms with E-state index in [0.717, 1.165) is 23.3 Å². The van der Waals surface area contributed by atoms with Crippen LogP contribution in [0, 0.1) is 0 Å². The molecule has 0 unspecified atom stereocenters. The molecule has 0 saturated carbocycles.